The molecule has 2 heterocycles. The highest BCUT2D eigenvalue weighted by Crippen LogP contribution is 2.19. The highest BCUT2D eigenvalue weighted by Gasteiger charge is 2.10. The summed E-state index contributed by atoms with van der Waals surface area (Å²) >= 11 is 0. The lowest BCUT2D eigenvalue weighted by atomic mass is 10.2. The quantitative estimate of drug-likeness (QED) is 0.755. The molecule has 0 atom stereocenters. The van der Waals surface area contributed by atoms with Crippen molar-refractivity contribution in [2.45, 2.75) is 33.5 Å². The number of aryl methyl sites for hydroxylation is 1. The molecule has 0 fully saturated rings. The van der Waals surface area contributed by atoms with E-state index in [-0.39, 0.29) is 0 Å². The van der Waals surface area contributed by atoms with Crippen molar-refractivity contribution in [3.05, 3.63) is 47.9 Å². The molecular formula is C16H21N5. The molecule has 1 N–H and O–H groups in total. The predicted octanol–water partition coefficient (Wildman–Crippen LogP) is 2.41. The van der Waals surface area contributed by atoms with Crippen LogP contribution in [0.2, 0.25) is 0 Å². The monoisotopic (exact) mass is 283 g/mol. The summed E-state index contributed by atoms with van der Waals surface area (Å²) in [4.78, 5) is 0. The normalized spacial score (nSPS) is 11.3. The van der Waals surface area contributed by atoms with E-state index in [1.54, 1.807) is 0 Å². The molecule has 0 saturated carbocycles. The fraction of sp³-hybridized carbons (Fsp3) is 0.375. The lowest BCUT2D eigenvalue weighted by Crippen LogP contribution is -2.11. The molecule has 0 spiro atoms. The van der Waals surface area contributed by atoms with Gasteiger partial charge in [0, 0.05) is 30.2 Å². The summed E-state index contributed by atoms with van der Waals surface area (Å²) in [5.74, 6) is 0. The summed E-state index contributed by atoms with van der Waals surface area (Å²) < 4.78 is 4.01. The van der Waals surface area contributed by atoms with Crippen molar-refractivity contribution < 1.29 is 0 Å². The van der Waals surface area contributed by atoms with Crippen LogP contribution in [-0.2, 0) is 19.6 Å². The van der Waals surface area contributed by atoms with E-state index in [1.807, 2.05) is 15.6 Å². The molecule has 3 rings (SSSR count). The van der Waals surface area contributed by atoms with Crippen LogP contribution >= 0.6 is 0 Å². The first-order valence-electron chi connectivity index (χ1n) is 7.48. The van der Waals surface area contributed by atoms with E-state index in [9.17, 15) is 0 Å². The van der Waals surface area contributed by atoms with Gasteiger partial charge in [-0.2, -0.15) is 10.2 Å². The Bertz CT molecular complexity index is 725. The molecule has 0 saturated heterocycles. The molecule has 0 aliphatic heterocycles. The van der Waals surface area contributed by atoms with Crippen LogP contribution in [0.1, 0.15) is 25.1 Å². The van der Waals surface area contributed by atoms with E-state index in [0.717, 1.165) is 25.3 Å². The summed E-state index contributed by atoms with van der Waals surface area (Å²) in [7, 11) is 0. The van der Waals surface area contributed by atoms with E-state index >= 15 is 0 Å². The number of fused-ring (bicyclic) bond motifs is 1. The number of aromatic nitrogens is 4. The van der Waals surface area contributed by atoms with Gasteiger partial charge in [-0.05, 0) is 19.5 Å². The van der Waals surface area contributed by atoms with E-state index < -0.39 is 0 Å². The molecule has 5 nitrogen and oxygen atoms in total. The number of para-hydroxylation sites is 1. The van der Waals surface area contributed by atoms with Crippen LogP contribution in [0.25, 0.3) is 10.9 Å². The first-order chi connectivity index (χ1) is 10.3. The molecule has 3 aromatic rings. The number of hydrogen-bond donors (Lipinski definition) is 1. The van der Waals surface area contributed by atoms with Crippen LogP contribution < -0.4 is 5.32 Å². The first kappa shape index (κ1) is 13.8. The average Bonchev–Trinajstić information content (AvgIpc) is 3.10. The van der Waals surface area contributed by atoms with Crippen molar-refractivity contribution in [2.24, 2.45) is 0 Å². The van der Waals surface area contributed by atoms with Gasteiger partial charge >= 0.3 is 0 Å². The Labute approximate surface area is 124 Å². The van der Waals surface area contributed by atoms with Crippen LogP contribution in [0.5, 0.6) is 0 Å². The zero-order valence-electron chi connectivity index (χ0n) is 12.6. The lowest BCUT2D eigenvalue weighted by molar-refractivity contribution is 0.626. The maximum atomic E-state index is 4.71. The minimum atomic E-state index is 0.708. The summed E-state index contributed by atoms with van der Waals surface area (Å²) in [5.41, 5.74) is 3.47. The van der Waals surface area contributed by atoms with E-state index in [2.05, 4.69) is 54.7 Å². The SMILES string of the molecule is CCNCc1cnn(Cc2nn(CC)c3ccccc23)c1. The molecule has 21 heavy (non-hydrogen) atoms. The summed E-state index contributed by atoms with van der Waals surface area (Å²) in [6.45, 7) is 7.64. The van der Waals surface area contributed by atoms with Crippen LogP contribution in [0.3, 0.4) is 0 Å². The summed E-state index contributed by atoms with van der Waals surface area (Å²) in [6.07, 6.45) is 4.00. The van der Waals surface area contributed by atoms with Gasteiger partial charge in [0.05, 0.1) is 24.0 Å². The third-order valence-corrected chi connectivity index (χ3v) is 3.61. The Morgan fingerprint density at radius 1 is 1.19 bits per heavy atom. The van der Waals surface area contributed by atoms with Crippen LogP contribution in [0.15, 0.2) is 36.7 Å². The Morgan fingerprint density at radius 2 is 2.05 bits per heavy atom. The molecule has 0 aliphatic rings. The van der Waals surface area contributed by atoms with E-state index in [0.29, 0.717) is 6.54 Å². The van der Waals surface area contributed by atoms with Gasteiger partial charge in [0.25, 0.3) is 0 Å². The first-order valence-corrected chi connectivity index (χ1v) is 7.48. The van der Waals surface area contributed by atoms with Crippen molar-refractivity contribution in [1.82, 2.24) is 24.9 Å². The molecule has 1 aromatic carbocycles. The minimum absolute atomic E-state index is 0.708. The van der Waals surface area contributed by atoms with E-state index in [1.165, 1.54) is 16.5 Å². The summed E-state index contributed by atoms with van der Waals surface area (Å²) in [5, 5.41) is 13.7. The molecule has 5 heteroatoms. The number of nitrogens with zero attached hydrogens (tertiary/aromatic N) is 4. The molecular weight excluding hydrogens is 262 g/mol. The second-order valence-corrected chi connectivity index (χ2v) is 5.11. The minimum Gasteiger partial charge on any atom is -0.313 e. The number of rotatable bonds is 6. The largest absolute Gasteiger partial charge is 0.313 e. The Morgan fingerprint density at radius 3 is 2.86 bits per heavy atom. The number of benzene rings is 1. The average molecular weight is 283 g/mol. The summed E-state index contributed by atoms with van der Waals surface area (Å²) in [6, 6.07) is 8.37. The van der Waals surface area contributed by atoms with Gasteiger partial charge in [0.1, 0.15) is 0 Å². The number of nitrogens with one attached hydrogen (secondary N) is 1. The van der Waals surface area contributed by atoms with Crippen LogP contribution in [0.4, 0.5) is 0 Å². The van der Waals surface area contributed by atoms with Gasteiger partial charge in [-0.1, -0.05) is 25.1 Å². The maximum absolute atomic E-state index is 4.71. The fourth-order valence-electron chi connectivity index (χ4n) is 2.56. The standard InChI is InChI=1S/C16H21N5/c1-3-17-9-13-10-18-20(11-13)12-15-14-7-5-6-8-16(14)21(4-2)19-15/h5-8,10-11,17H,3-4,9,12H2,1-2H3. The van der Waals surface area contributed by atoms with Crippen molar-refractivity contribution in [3.63, 3.8) is 0 Å². The topological polar surface area (TPSA) is 47.7 Å². The van der Waals surface area contributed by atoms with Crippen molar-refractivity contribution >= 4 is 10.9 Å². The Balaban J connectivity index is 1.86. The third kappa shape index (κ3) is 2.83. The molecule has 0 radical (unpaired) electrons. The van der Waals surface area contributed by atoms with Crippen molar-refractivity contribution in [2.75, 3.05) is 6.54 Å². The van der Waals surface area contributed by atoms with Gasteiger partial charge < -0.3 is 5.32 Å². The van der Waals surface area contributed by atoms with Gasteiger partial charge in [0.15, 0.2) is 0 Å². The molecule has 110 valence electrons. The molecule has 2 aromatic heterocycles. The molecule has 0 aliphatic carbocycles. The second kappa shape index (κ2) is 6.10. The van der Waals surface area contributed by atoms with Gasteiger partial charge in [-0.25, -0.2) is 0 Å². The highest BCUT2D eigenvalue weighted by molar-refractivity contribution is 5.81. The molecule has 0 bridgehead atoms. The Kier molecular flexibility index (Phi) is 4.01. The van der Waals surface area contributed by atoms with Crippen LogP contribution in [-0.4, -0.2) is 26.1 Å². The van der Waals surface area contributed by atoms with Crippen molar-refractivity contribution in [1.29, 1.82) is 0 Å². The third-order valence-electron chi connectivity index (χ3n) is 3.61. The zero-order chi connectivity index (χ0) is 14.7. The number of hydrogen-bond acceptors (Lipinski definition) is 3. The van der Waals surface area contributed by atoms with E-state index in [4.69, 9.17) is 5.10 Å². The second-order valence-electron chi connectivity index (χ2n) is 5.11. The maximum Gasteiger partial charge on any atom is 0.0918 e. The predicted molar refractivity (Wildman–Crippen MR) is 84.1 cm³/mol. The molecule has 0 unspecified atom stereocenters. The van der Waals surface area contributed by atoms with Gasteiger partial charge in [0.2, 0.25) is 0 Å². The lowest BCUT2D eigenvalue weighted by Gasteiger charge is -1.99. The zero-order valence-corrected chi connectivity index (χ0v) is 12.6. The smallest absolute Gasteiger partial charge is 0.0918 e. The van der Waals surface area contributed by atoms with Crippen molar-refractivity contribution in [3.8, 4) is 0 Å². The van der Waals surface area contributed by atoms with Gasteiger partial charge in [-0.15, -0.1) is 0 Å². The highest BCUT2D eigenvalue weighted by atomic mass is 15.3. The van der Waals surface area contributed by atoms with Crippen LogP contribution in [0, 0.1) is 0 Å². The van der Waals surface area contributed by atoms with Gasteiger partial charge in [-0.3, -0.25) is 9.36 Å². The molecule has 0 amide bonds. The Hall–Kier alpha value is -2.14. The fourth-order valence-corrected chi connectivity index (χ4v) is 2.56.